The Kier molecular flexibility index (Phi) is 4.07. The van der Waals surface area contributed by atoms with E-state index in [1.807, 2.05) is 60.8 Å². The molecular weight excluding hydrogens is 278 g/mol. The Bertz CT molecular complexity index is 733. The molecule has 0 fully saturated rings. The molecule has 2 aromatic carbocycles. The maximum atomic E-state index is 4.55. The van der Waals surface area contributed by atoms with E-state index in [2.05, 4.69) is 27.6 Å². The largest absolute Gasteiger partial charge is 0.252 e. The minimum Gasteiger partial charge on any atom is -0.252 e. The number of hydrogen-bond acceptors (Lipinski definition) is 4. The summed E-state index contributed by atoms with van der Waals surface area (Å²) in [5, 5.41) is 7.21. The van der Waals surface area contributed by atoms with Gasteiger partial charge in [0.25, 0.3) is 0 Å². The highest BCUT2D eigenvalue weighted by Crippen LogP contribution is 2.24. The van der Waals surface area contributed by atoms with Gasteiger partial charge in [0.15, 0.2) is 0 Å². The van der Waals surface area contributed by atoms with Crippen molar-refractivity contribution in [3.05, 3.63) is 71.6 Å². The van der Waals surface area contributed by atoms with Crippen molar-refractivity contribution in [3.8, 4) is 11.3 Å². The highest BCUT2D eigenvalue weighted by atomic mass is 32.1. The van der Waals surface area contributed by atoms with Crippen LogP contribution in [0.25, 0.3) is 11.3 Å². The number of hydrogen-bond donors (Lipinski definition) is 1. The number of anilines is 1. The monoisotopic (exact) mass is 293 g/mol. The van der Waals surface area contributed by atoms with E-state index in [0.29, 0.717) is 0 Å². The van der Waals surface area contributed by atoms with E-state index in [9.17, 15) is 0 Å². The van der Waals surface area contributed by atoms with Gasteiger partial charge in [-0.15, -0.1) is 11.3 Å². The van der Waals surface area contributed by atoms with Crippen LogP contribution >= 0.6 is 11.3 Å². The number of hydrazone groups is 1. The quantitative estimate of drug-likeness (QED) is 0.562. The molecular formula is C17H15N3S. The van der Waals surface area contributed by atoms with E-state index in [-0.39, 0.29) is 0 Å². The Hall–Kier alpha value is -2.46. The second-order valence-electron chi connectivity index (χ2n) is 4.58. The van der Waals surface area contributed by atoms with Crippen LogP contribution < -0.4 is 5.43 Å². The lowest BCUT2D eigenvalue weighted by atomic mass is 10.1. The van der Waals surface area contributed by atoms with Gasteiger partial charge in [0, 0.05) is 10.9 Å². The van der Waals surface area contributed by atoms with Crippen molar-refractivity contribution in [2.75, 3.05) is 5.43 Å². The fourth-order valence-corrected chi connectivity index (χ4v) is 2.60. The van der Waals surface area contributed by atoms with Crippen molar-refractivity contribution in [1.29, 1.82) is 0 Å². The first-order chi connectivity index (χ1) is 10.3. The standard InChI is InChI=1S/C17H15N3S/c1-13(14-8-4-2-5-9-14)19-20-17-18-16(12-21-17)15-10-6-3-7-11-15/h2-12H,1H3,(H,18,20)/b19-13+. The molecule has 3 nitrogen and oxygen atoms in total. The van der Waals surface area contributed by atoms with Crippen LogP contribution in [-0.4, -0.2) is 10.7 Å². The van der Waals surface area contributed by atoms with Gasteiger partial charge < -0.3 is 0 Å². The van der Waals surface area contributed by atoms with Gasteiger partial charge in [0.2, 0.25) is 5.13 Å². The number of nitrogens with one attached hydrogen (secondary N) is 1. The molecule has 0 atom stereocenters. The number of aromatic nitrogens is 1. The second-order valence-corrected chi connectivity index (χ2v) is 5.44. The molecule has 3 rings (SSSR count). The van der Waals surface area contributed by atoms with Crippen LogP contribution in [0.3, 0.4) is 0 Å². The van der Waals surface area contributed by atoms with Gasteiger partial charge in [0.05, 0.1) is 11.4 Å². The zero-order valence-electron chi connectivity index (χ0n) is 11.7. The Morgan fingerprint density at radius 1 is 1.00 bits per heavy atom. The van der Waals surface area contributed by atoms with E-state index in [1.165, 1.54) is 0 Å². The fourth-order valence-electron chi connectivity index (χ4n) is 1.94. The topological polar surface area (TPSA) is 37.3 Å². The number of rotatable bonds is 4. The summed E-state index contributed by atoms with van der Waals surface area (Å²) in [5.41, 5.74) is 7.15. The number of thiazole rings is 1. The minimum atomic E-state index is 0.795. The fraction of sp³-hybridized carbons (Fsp3) is 0.0588. The summed E-state index contributed by atoms with van der Waals surface area (Å²) in [4.78, 5) is 4.55. The van der Waals surface area contributed by atoms with Crippen LogP contribution in [-0.2, 0) is 0 Å². The summed E-state index contributed by atoms with van der Waals surface area (Å²) in [6.45, 7) is 1.98. The average Bonchev–Trinajstić information content (AvgIpc) is 3.03. The molecule has 4 heteroatoms. The van der Waals surface area contributed by atoms with E-state index >= 15 is 0 Å². The maximum absolute atomic E-state index is 4.55. The number of benzene rings is 2. The summed E-state index contributed by atoms with van der Waals surface area (Å²) in [7, 11) is 0. The van der Waals surface area contributed by atoms with Gasteiger partial charge in [-0.3, -0.25) is 5.43 Å². The van der Waals surface area contributed by atoms with E-state index in [1.54, 1.807) is 11.3 Å². The van der Waals surface area contributed by atoms with Gasteiger partial charge >= 0.3 is 0 Å². The molecule has 1 heterocycles. The summed E-state index contributed by atoms with van der Waals surface area (Å²) in [5.74, 6) is 0. The minimum absolute atomic E-state index is 0.795. The summed E-state index contributed by atoms with van der Waals surface area (Å²) >= 11 is 1.55. The first-order valence-corrected chi connectivity index (χ1v) is 7.57. The molecule has 0 saturated heterocycles. The molecule has 104 valence electrons. The molecule has 0 saturated carbocycles. The lowest BCUT2D eigenvalue weighted by molar-refractivity contribution is 1.27. The van der Waals surface area contributed by atoms with Crippen LogP contribution in [0.1, 0.15) is 12.5 Å². The molecule has 21 heavy (non-hydrogen) atoms. The first kappa shape index (κ1) is 13.5. The Morgan fingerprint density at radius 2 is 1.67 bits per heavy atom. The van der Waals surface area contributed by atoms with E-state index in [4.69, 9.17) is 0 Å². The average molecular weight is 293 g/mol. The third kappa shape index (κ3) is 3.35. The molecule has 0 bridgehead atoms. The third-order valence-corrected chi connectivity index (χ3v) is 3.83. The molecule has 0 aliphatic heterocycles. The molecule has 0 aliphatic rings. The van der Waals surface area contributed by atoms with Crippen LogP contribution in [0.5, 0.6) is 0 Å². The molecule has 1 N–H and O–H groups in total. The molecule has 0 aliphatic carbocycles. The van der Waals surface area contributed by atoms with Crippen molar-refractivity contribution >= 4 is 22.2 Å². The SMILES string of the molecule is C/C(=N\Nc1nc(-c2ccccc2)cs1)c1ccccc1. The lowest BCUT2D eigenvalue weighted by Gasteiger charge is -2.00. The zero-order chi connectivity index (χ0) is 14.5. The Balaban J connectivity index is 1.73. The Labute approximate surface area is 128 Å². The molecule has 0 unspecified atom stereocenters. The molecule has 0 amide bonds. The van der Waals surface area contributed by atoms with Gasteiger partial charge in [-0.2, -0.15) is 5.10 Å². The zero-order valence-corrected chi connectivity index (χ0v) is 12.5. The van der Waals surface area contributed by atoms with Crippen LogP contribution in [0.15, 0.2) is 71.1 Å². The predicted octanol–water partition coefficient (Wildman–Crippen LogP) is 4.65. The van der Waals surface area contributed by atoms with E-state index < -0.39 is 0 Å². The van der Waals surface area contributed by atoms with Crippen LogP contribution in [0.2, 0.25) is 0 Å². The molecule has 3 aromatic rings. The van der Waals surface area contributed by atoms with Crippen molar-refractivity contribution in [2.24, 2.45) is 5.10 Å². The first-order valence-electron chi connectivity index (χ1n) is 6.69. The summed E-state index contributed by atoms with van der Waals surface area (Å²) in [6.07, 6.45) is 0. The lowest BCUT2D eigenvalue weighted by Crippen LogP contribution is -1.99. The van der Waals surface area contributed by atoms with Crippen molar-refractivity contribution in [2.45, 2.75) is 6.92 Å². The number of nitrogens with zero attached hydrogens (tertiary/aromatic N) is 2. The third-order valence-electron chi connectivity index (χ3n) is 3.08. The van der Waals surface area contributed by atoms with Gasteiger partial charge in [-0.1, -0.05) is 60.7 Å². The summed E-state index contributed by atoms with van der Waals surface area (Å²) in [6, 6.07) is 20.2. The van der Waals surface area contributed by atoms with Crippen LogP contribution in [0.4, 0.5) is 5.13 Å². The van der Waals surface area contributed by atoms with Gasteiger partial charge in [0.1, 0.15) is 0 Å². The van der Waals surface area contributed by atoms with Crippen molar-refractivity contribution < 1.29 is 0 Å². The van der Waals surface area contributed by atoms with Crippen molar-refractivity contribution in [1.82, 2.24) is 4.98 Å². The van der Waals surface area contributed by atoms with Gasteiger partial charge in [-0.05, 0) is 12.5 Å². The summed E-state index contributed by atoms with van der Waals surface area (Å²) < 4.78 is 0. The molecule has 1 aromatic heterocycles. The predicted molar refractivity (Wildman–Crippen MR) is 89.8 cm³/mol. The van der Waals surface area contributed by atoms with Crippen LogP contribution in [0, 0.1) is 0 Å². The smallest absolute Gasteiger partial charge is 0.203 e. The molecule has 0 spiro atoms. The second kappa shape index (κ2) is 6.33. The van der Waals surface area contributed by atoms with Gasteiger partial charge in [-0.25, -0.2) is 4.98 Å². The van der Waals surface area contributed by atoms with E-state index in [0.717, 1.165) is 27.7 Å². The normalized spacial score (nSPS) is 11.4. The highest BCUT2D eigenvalue weighted by Gasteiger charge is 2.03. The van der Waals surface area contributed by atoms with Crippen molar-refractivity contribution in [3.63, 3.8) is 0 Å². The maximum Gasteiger partial charge on any atom is 0.203 e. The molecule has 0 radical (unpaired) electrons. The highest BCUT2D eigenvalue weighted by molar-refractivity contribution is 7.14. The Morgan fingerprint density at radius 3 is 2.38 bits per heavy atom.